The first-order chi connectivity index (χ1) is 9.25. The summed E-state index contributed by atoms with van der Waals surface area (Å²) in [6.07, 6.45) is 0.469. The van der Waals surface area contributed by atoms with Crippen molar-refractivity contribution in [2.75, 3.05) is 0 Å². The Balaban J connectivity index is 1.82. The van der Waals surface area contributed by atoms with Gasteiger partial charge in [0.2, 0.25) is 0 Å². The average Bonchev–Trinajstić information content (AvgIpc) is 2.47. The molecule has 0 fully saturated rings. The maximum atomic E-state index is 11.8. The van der Waals surface area contributed by atoms with Crippen LogP contribution in [0.5, 0.6) is 0 Å². The summed E-state index contributed by atoms with van der Waals surface area (Å²) in [7, 11) is 0. The second-order valence-corrected chi connectivity index (χ2v) is 10.1. The van der Waals surface area contributed by atoms with E-state index in [2.05, 4.69) is 31.2 Å². The summed E-state index contributed by atoms with van der Waals surface area (Å²) in [6.45, 7) is 2.07. The van der Waals surface area contributed by atoms with E-state index in [0.717, 1.165) is 0 Å². The number of carbonyl (C=O) groups is 1. The van der Waals surface area contributed by atoms with Crippen molar-refractivity contribution in [3.05, 3.63) is 66.2 Å². The Morgan fingerprint density at radius 2 is 1.63 bits per heavy atom. The number of hydrogen-bond donors (Lipinski definition) is 0. The summed E-state index contributed by atoms with van der Waals surface area (Å²) in [4.78, 5) is 11.8. The van der Waals surface area contributed by atoms with E-state index in [-0.39, 0.29) is 11.9 Å². The van der Waals surface area contributed by atoms with E-state index in [1.165, 1.54) is 8.64 Å². The van der Waals surface area contributed by atoms with Gasteiger partial charge in [-0.1, -0.05) is 0 Å². The number of benzene rings is 2. The van der Waals surface area contributed by atoms with Crippen LogP contribution >= 0.6 is 0 Å². The van der Waals surface area contributed by atoms with Crippen molar-refractivity contribution >= 4 is 9.04 Å². The molecule has 1 atom stereocenters. The molecular formula is C16H16HgO2. The normalized spacial score (nSPS) is 11.4. The van der Waals surface area contributed by atoms with Crippen LogP contribution in [0.2, 0.25) is 0 Å². The first-order valence-electron chi connectivity index (χ1n) is 6.50. The van der Waals surface area contributed by atoms with Crippen LogP contribution in [-0.2, 0) is 32.5 Å². The van der Waals surface area contributed by atoms with Crippen molar-refractivity contribution < 1.29 is 32.5 Å². The molecule has 3 heteroatoms. The van der Waals surface area contributed by atoms with E-state index in [9.17, 15) is 4.79 Å². The Morgan fingerprint density at radius 1 is 1.05 bits per heavy atom. The van der Waals surface area contributed by atoms with Gasteiger partial charge >= 0.3 is 127 Å². The van der Waals surface area contributed by atoms with Gasteiger partial charge in [-0.3, -0.25) is 0 Å². The fourth-order valence-corrected chi connectivity index (χ4v) is 5.48. The fraction of sp³-hybridized carbons (Fsp3) is 0.188. The molecule has 2 aromatic rings. The van der Waals surface area contributed by atoms with Crippen LogP contribution < -0.4 is 3.07 Å². The predicted molar refractivity (Wildman–Crippen MR) is 71.6 cm³/mol. The van der Waals surface area contributed by atoms with Crippen LogP contribution in [-0.4, -0.2) is 5.97 Å². The van der Waals surface area contributed by atoms with Crippen LogP contribution in [0.3, 0.4) is 0 Å². The first kappa shape index (κ1) is 14.3. The summed E-state index contributed by atoms with van der Waals surface area (Å²) >= 11 is -1.70. The van der Waals surface area contributed by atoms with E-state index in [4.69, 9.17) is 2.64 Å². The van der Waals surface area contributed by atoms with Gasteiger partial charge in [0.1, 0.15) is 0 Å². The summed E-state index contributed by atoms with van der Waals surface area (Å²) in [6, 6.07) is 20.2. The standard InChI is InChI=1S/C10H12O2.C6H5.Hg/c1-8(7-10(11)12)9-5-3-2-4-6-9;1-2-4-6-5-3-1;/h2-6,8H,7H2,1H3,(H,11,12);1-5H;/q;;+1/p-1. The monoisotopic (exact) mass is 442 g/mol. The SMILES string of the molecule is CC(CC(=O)[O][Hg][c]1ccccc1)c1ccccc1. The van der Waals surface area contributed by atoms with Crippen molar-refractivity contribution in [3.8, 4) is 0 Å². The Hall–Kier alpha value is -1.15. The minimum atomic E-state index is -1.70. The molecule has 0 aliphatic heterocycles. The van der Waals surface area contributed by atoms with Crippen molar-refractivity contribution in [1.82, 2.24) is 0 Å². The second-order valence-electron chi connectivity index (χ2n) is 4.66. The molecule has 0 heterocycles. The van der Waals surface area contributed by atoms with Gasteiger partial charge in [0, 0.05) is 0 Å². The molecule has 0 aliphatic rings. The van der Waals surface area contributed by atoms with Crippen LogP contribution in [0.1, 0.15) is 24.8 Å². The molecule has 0 aromatic heterocycles. The Kier molecular flexibility index (Phi) is 5.58. The Bertz CT molecular complexity index is 511. The van der Waals surface area contributed by atoms with E-state index in [0.29, 0.717) is 6.42 Å². The van der Waals surface area contributed by atoms with Crippen LogP contribution in [0, 0.1) is 0 Å². The van der Waals surface area contributed by atoms with E-state index >= 15 is 0 Å². The number of rotatable bonds is 5. The van der Waals surface area contributed by atoms with Crippen LogP contribution in [0.25, 0.3) is 0 Å². The maximum absolute atomic E-state index is 11.8. The minimum absolute atomic E-state index is 0.0538. The van der Waals surface area contributed by atoms with E-state index < -0.39 is 25.0 Å². The van der Waals surface area contributed by atoms with Gasteiger partial charge in [-0.05, 0) is 0 Å². The van der Waals surface area contributed by atoms with E-state index in [1.54, 1.807) is 0 Å². The topological polar surface area (TPSA) is 26.3 Å². The zero-order chi connectivity index (χ0) is 13.5. The van der Waals surface area contributed by atoms with Gasteiger partial charge in [-0.15, -0.1) is 0 Å². The zero-order valence-corrected chi connectivity index (χ0v) is 16.6. The summed E-state index contributed by atoms with van der Waals surface area (Å²) in [5, 5.41) is 0. The molecule has 0 saturated carbocycles. The van der Waals surface area contributed by atoms with Crippen LogP contribution in [0.4, 0.5) is 0 Å². The summed E-state index contributed by atoms with van der Waals surface area (Å²) in [5.74, 6) is 0.166. The van der Waals surface area contributed by atoms with Crippen LogP contribution in [0.15, 0.2) is 60.7 Å². The van der Waals surface area contributed by atoms with Crippen molar-refractivity contribution in [1.29, 1.82) is 0 Å². The molecular weight excluding hydrogens is 425 g/mol. The Morgan fingerprint density at radius 3 is 2.26 bits per heavy atom. The first-order valence-corrected chi connectivity index (χ1v) is 11.5. The van der Waals surface area contributed by atoms with Crippen molar-refractivity contribution in [2.24, 2.45) is 0 Å². The van der Waals surface area contributed by atoms with Gasteiger partial charge in [-0.25, -0.2) is 0 Å². The van der Waals surface area contributed by atoms with Crippen molar-refractivity contribution in [3.63, 3.8) is 0 Å². The molecule has 0 amide bonds. The third-order valence-corrected chi connectivity index (χ3v) is 8.03. The van der Waals surface area contributed by atoms with Gasteiger partial charge < -0.3 is 0 Å². The predicted octanol–water partition coefficient (Wildman–Crippen LogP) is 3.05. The Labute approximate surface area is 126 Å². The molecule has 0 bridgehead atoms. The molecule has 2 rings (SSSR count). The molecule has 2 nitrogen and oxygen atoms in total. The van der Waals surface area contributed by atoms with Gasteiger partial charge in [0.25, 0.3) is 0 Å². The van der Waals surface area contributed by atoms with E-state index in [1.807, 2.05) is 36.4 Å². The molecule has 2 aromatic carbocycles. The quantitative estimate of drug-likeness (QED) is 0.668. The average molecular weight is 441 g/mol. The zero-order valence-electron chi connectivity index (χ0n) is 11.1. The summed E-state index contributed by atoms with van der Waals surface area (Å²) in [5.41, 5.74) is 1.19. The molecule has 94 valence electrons. The van der Waals surface area contributed by atoms with Gasteiger partial charge in [0.05, 0.1) is 0 Å². The molecule has 0 N–H and O–H groups in total. The molecule has 0 aliphatic carbocycles. The third-order valence-electron chi connectivity index (χ3n) is 3.08. The molecule has 0 saturated heterocycles. The van der Waals surface area contributed by atoms with Crippen molar-refractivity contribution in [2.45, 2.75) is 19.3 Å². The van der Waals surface area contributed by atoms with Gasteiger partial charge in [0.15, 0.2) is 0 Å². The van der Waals surface area contributed by atoms with Gasteiger partial charge in [-0.2, -0.15) is 0 Å². The molecule has 0 spiro atoms. The molecule has 1 unspecified atom stereocenters. The molecule has 19 heavy (non-hydrogen) atoms. The second kappa shape index (κ2) is 7.44. The summed E-state index contributed by atoms with van der Waals surface area (Å²) < 4.78 is 6.74. The fourth-order valence-electron chi connectivity index (χ4n) is 1.95. The third kappa shape index (κ3) is 4.79. The molecule has 0 radical (unpaired) electrons. The number of hydrogen-bond acceptors (Lipinski definition) is 2. The number of carbonyl (C=O) groups excluding carboxylic acids is 1.